The molecule has 1 aliphatic rings. The number of hydrogen-bond donors (Lipinski definition) is 1. The summed E-state index contributed by atoms with van der Waals surface area (Å²) in [6.45, 7) is 6.64. The first kappa shape index (κ1) is 13.9. The van der Waals surface area contributed by atoms with Gasteiger partial charge < -0.3 is 10.6 Å². The zero-order valence-electron chi connectivity index (χ0n) is 12.0. The van der Waals surface area contributed by atoms with Gasteiger partial charge in [-0.05, 0) is 38.1 Å². The highest BCUT2D eigenvalue weighted by Gasteiger charge is 2.27. The Morgan fingerprint density at radius 1 is 1.42 bits per heavy atom. The van der Waals surface area contributed by atoms with Crippen LogP contribution in [-0.2, 0) is 0 Å². The highest BCUT2D eigenvalue weighted by molar-refractivity contribution is 5.99. The van der Waals surface area contributed by atoms with Crippen LogP contribution < -0.4 is 5.73 Å². The number of carbonyl (C=O) groups excluding carboxylic acids is 1. The number of nitrogens with two attached hydrogens (primary N) is 1. The molecule has 104 valence electrons. The summed E-state index contributed by atoms with van der Waals surface area (Å²) < 4.78 is 0. The SMILES string of the molecule is CCC1CN(C(=O)c2ccc(C)cc2N)CCN1C. The number of rotatable bonds is 2. The summed E-state index contributed by atoms with van der Waals surface area (Å²) in [4.78, 5) is 16.8. The van der Waals surface area contributed by atoms with Crippen molar-refractivity contribution in [3.63, 3.8) is 0 Å². The Balaban J connectivity index is 2.15. The summed E-state index contributed by atoms with van der Waals surface area (Å²) in [5, 5.41) is 0. The van der Waals surface area contributed by atoms with Crippen molar-refractivity contribution in [3.8, 4) is 0 Å². The summed E-state index contributed by atoms with van der Waals surface area (Å²) in [6.07, 6.45) is 1.06. The summed E-state index contributed by atoms with van der Waals surface area (Å²) in [5.41, 5.74) is 8.26. The lowest BCUT2D eigenvalue weighted by molar-refractivity contribution is 0.0543. The van der Waals surface area contributed by atoms with E-state index in [4.69, 9.17) is 5.73 Å². The average Bonchev–Trinajstić information content (AvgIpc) is 2.38. The number of nitrogen functional groups attached to an aromatic ring is 1. The quantitative estimate of drug-likeness (QED) is 0.825. The standard InChI is InChI=1S/C15H23N3O/c1-4-12-10-18(8-7-17(12)3)15(19)13-6-5-11(2)9-14(13)16/h5-6,9,12H,4,7-8,10,16H2,1-3H3. The molecule has 1 aliphatic heterocycles. The van der Waals surface area contributed by atoms with E-state index in [2.05, 4.69) is 18.9 Å². The number of benzene rings is 1. The number of piperazine rings is 1. The van der Waals surface area contributed by atoms with Crippen LogP contribution in [0.15, 0.2) is 18.2 Å². The van der Waals surface area contributed by atoms with Gasteiger partial charge in [-0.3, -0.25) is 9.69 Å². The minimum Gasteiger partial charge on any atom is -0.398 e. The van der Waals surface area contributed by atoms with Gasteiger partial charge in [-0.2, -0.15) is 0 Å². The maximum absolute atomic E-state index is 12.5. The van der Waals surface area contributed by atoms with Crippen LogP contribution in [0.25, 0.3) is 0 Å². The molecular formula is C15H23N3O. The van der Waals surface area contributed by atoms with Gasteiger partial charge in [0.25, 0.3) is 5.91 Å². The second-order valence-corrected chi connectivity index (χ2v) is 5.38. The largest absolute Gasteiger partial charge is 0.398 e. The molecule has 1 saturated heterocycles. The van der Waals surface area contributed by atoms with Gasteiger partial charge in [-0.1, -0.05) is 13.0 Å². The zero-order chi connectivity index (χ0) is 14.0. The maximum atomic E-state index is 12.5. The van der Waals surface area contributed by atoms with E-state index in [-0.39, 0.29) is 5.91 Å². The minimum absolute atomic E-state index is 0.0593. The highest BCUT2D eigenvalue weighted by Crippen LogP contribution is 2.19. The normalized spacial score (nSPS) is 20.6. The Morgan fingerprint density at radius 2 is 2.16 bits per heavy atom. The molecule has 1 unspecified atom stereocenters. The second kappa shape index (κ2) is 5.61. The Kier molecular flexibility index (Phi) is 4.10. The molecule has 1 aromatic rings. The molecule has 19 heavy (non-hydrogen) atoms. The molecular weight excluding hydrogens is 238 g/mol. The fourth-order valence-electron chi connectivity index (χ4n) is 2.62. The first-order valence-corrected chi connectivity index (χ1v) is 6.88. The Morgan fingerprint density at radius 3 is 2.79 bits per heavy atom. The first-order valence-electron chi connectivity index (χ1n) is 6.88. The van der Waals surface area contributed by atoms with Gasteiger partial charge in [-0.25, -0.2) is 0 Å². The average molecular weight is 261 g/mol. The van der Waals surface area contributed by atoms with Crippen molar-refractivity contribution in [3.05, 3.63) is 29.3 Å². The van der Waals surface area contributed by atoms with Crippen molar-refractivity contribution < 1.29 is 4.79 Å². The van der Waals surface area contributed by atoms with E-state index in [1.54, 1.807) is 0 Å². The Bertz CT molecular complexity index is 472. The van der Waals surface area contributed by atoms with Gasteiger partial charge >= 0.3 is 0 Å². The van der Waals surface area contributed by atoms with Crippen LogP contribution in [0.2, 0.25) is 0 Å². The van der Waals surface area contributed by atoms with E-state index in [1.165, 1.54) is 0 Å². The molecule has 0 aromatic heterocycles. The van der Waals surface area contributed by atoms with Crippen LogP contribution in [-0.4, -0.2) is 48.4 Å². The van der Waals surface area contributed by atoms with Gasteiger partial charge in [0.2, 0.25) is 0 Å². The zero-order valence-corrected chi connectivity index (χ0v) is 12.0. The van der Waals surface area contributed by atoms with Gasteiger partial charge in [0.1, 0.15) is 0 Å². The molecule has 0 saturated carbocycles. The number of carbonyl (C=O) groups is 1. The number of nitrogens with zero attached hydrogens (tertiary/aromatic N) is 2. The van der Waals surface area contributed by atoms with E-state index >= 15 is 0 Å². The van der Waals surface area contributed by atoms with Gasteiger partial charge in [0.15, 0.2) is 0 Å². The van der Waals surface area contributed by atoms with Crippen molar-refractivity contribution in [2.45, 2.75) is 26.3 Å². The Labute approximate surface area is 115 Å². The molecule has 1 fully saturated rings. The number of likely N-dealkylation sites (N-methyl/N-ethyl adjacent to an activating group) is 1. The fourth-order valence-corrected chi connectivity index (χ4v) is 2.62. The summed E-state index contributed by atoms with van der Waals surface area (Å²) in [6, 6.07) is 6.09. The lowest BCUT2D eigenvalue weighted by Crippen LogP contribution is -2.53. The van der Waals surface area contributed by atoms with E-state index in [0.29, 0.717) is 17.3 Å². The van der Waals surface area contributed by atoms with Crippen LogP contribution in [0.4, 0.5) is 5.69 Å². The van der Waals surface area contributed by atoms with E-state index in [0.717, 1.165) is 31.6 Å². The summed E-state index contributed by atoms with van der Waals surface area (Å²) >= 11 is 0. The lowest BCUT2D eigenvalue weighted by Gasteiger charge is -2.39. The molecule has 1 amide bonds. The predicted molar refractivity (Wildman–Crippen MR) is 78.2 cm³/mol. The van der Waals surface area contributed by atoms with E-state index in [1.807, 2.05) is 30.0 Å². The molecule has 2 rings (SSSR count). The van der Waals surface area contributed by atoms with Crippen LogP contribution in [0.1, 0.15) is 29.3 Å². The van der Waals surface area contributed by atoms with Crippen molar-refractivity contribution in [2.75, 3.05) is 32.4 Å². The van der Waals surface area contributed by atoms with Gasteiger partial charge in [0.05, 0.1) is 5.56 Å². The number of anilines is 1. The third kappa shape index (κ3) is 2.89. The third-order valence-corrected chi connectivity index (χ3v) is 3.97. The van der Waals surface area contributed by atoms with Crippen molar-refractivity contribution in [1.82, 2.24) is 9.80 Å². The van der Waals surface area contributed by atoms with Crippen LogP contribution in [0.3, 0.4) is 0 Å². The number of aryl methyl sites for hydroxylation is 1. The Hall–Kier alpha value is -1.55. The molecule has 1 aromatic carbocycles. The van der Waals surface area contributed by atoms with Gasteiger partial charge in [-0.15, -0.1) is 0 Å². The van der Waals surface area contributed by atoms with Crippen LogP contribution >= 0.6 is 0 Å². The molecule has 0 radical (unpaired) electrons. The number of amides is 1. The third-order valence-electron chi connectivity index (χ3n) is 3.97. The lowest BCUT2D eigenvalue weighted by atomic mass is 10.1. The first-order chi connectivity index (χ1) is 9.02. The molecule has 4 nitrogen and oxygen atoms in total. The molecule has 1 atom stereocenters. The van der Waals surface area contributed by atoms with Crippen molar-refractivity contribution >= 4 is 11.6 Å². The molecule has 0 bridgehead atoms. The number of hydrogen-bond acceptors (Lipinski definition) is 3. The molecule has 1 heterocycles. The molecule has 0 spiro atoms. The monoisotopic (exact) mass is 261 g/mol. The fraction of sp³-hybridized carbons (Fsp3) is 0.533. The smallest absolute Gasteiger partial charge is 0.256 e. The van der Waals surface area contributed by atoms with Crippen LogP contribution in [0, 0.1) is 6.92 Å². The molecule has 4 heteroatoms. The van der Waals surface area contributed by atoms with Crippen molar-refractivity contribution in [1.29, 1.82) is 0 Å². The maximum Gasteiger partial charge on any atom is 0.256 e. The second-order valence-electron chi connectivity index (χ2n) is 5.38. The molecule has 2 N–H and O–H groups in total. The topological polar surface area (TPSA) is 49.6 Å². The summed E-state index contributed by atoms with van der Waals surface area (Å²) in [7, 11) is 2.12. The van der Waals surface area contributed by atoms with Crippen LogP contribution in [0.5, 0.6) is 0 Å². The summed E-state index contributed by atoms with van der Waals surface area (Å²) in [5.74, 6) is 0.0593. The minimum atomic E-state index is 0.0593. The van der Waals surface area contributed by atoms with E-state index in [9.17, 15) is 4.79 Å². The van der Waals surface area contributed by atoms with Gasteiger partial charge in [0, 0.05) is 31.4 Å². The van der Waals surface area contributed by atoms with E-state index < -0.39 is 0 Å². The molecule has 0 aliphatic carbocycles. The predicted octanol–water partition coefficient (Wildman–Crippen LogP) is 1.74. The highest BCUT2D eigenvalue weighted by atomic mass is 16.2. The van der Waals surface area contributed by atoms with Crippen molar-refractivity contribution in [2.24, 2.45) is 0 Å².